The normalized spacial score (nSPS) is 12.7. The number of halogens is 5. The molecule has 0 aliphatic carbocycles. The second kappa shape index (κ2) is 3.81. The van der Waals surface area contributed by atoms with Crippen LogP contribution in [0, 0.1) is 6.92 Å². The second-order valence-electron chi connectivity index (χ2n) is 2.94. The summed E-state index contributed by atoms with van der Waals surface area (Å²) in [6, 6.07) is 0. The van der Waals surface area contributed by atoms with E-state index < -0.39 is 23.7 Å². The first-order valence-corrected chi connectivity index (χ1v) is 3.95. The van der Waals surface area contributed by atoms with Crippen LogP contribution in [-0.2, 0) is 5.92 Å². The number of hydrogen-bond donors (Lipinski definition) is 2. The third kappa shape index (κ3) is 2.03. The molecule has 0 saturated heterocycles. The number of alkyl halides is 5. The summed E-state index contributed by atoms with van der Waals surface area (Å²) in [5.41, 5.74) is 0.00750. The van der Waals surface area contributed by atoms with E-state index in [-0.39, 0.29) is 5.56 Å². The topological polar surface area (TPSA) is 63.8 Å². The van der Waals surface area contributed by atoms with Crippen LogP contribution in [0.3, 0.4) is 0 Å². The molecule has 3 N–H and O–H groups in total. The van der Waals surface area contributed by atoms with Crippen LogP contribution in [0.5, 0.6) is 0 Å². The lowest BCUT2D eigenvalue weighted by molar-refractivity contribution is -0.291. The molecular weight excluding hydrogens is 235 g/mol. The number of aryl methyl sites for hydroxylation is 1. The van der Waals surface area contributed by atoms with Gasteiger partial charge in [0.2, 0.25) is 5.95 Å². The molecule has 0 amide bonds. The first-order chi connectivity index (χ1) is 7.20. The minimum atomic E-state index is -5.71. The van der Waals surface area contributed by atoms with Crippen molar-refractivity contribution in [2.75, 3.05) is 5.43 Å². The van der Waals surface area contributed by atoms with E-state index in [9.17, 15) is 22.0 Å². The molecule has 0 unspecified atom stereocenters. The van der Waals surface area contributed by atoms with Crippen LogP contribution in [-0.4, -0.2) is 16.1 Å². The fraction of sp³-hybridized carbons (Fsp3) is 0.429. The Morgan fingerprint density at radius 3 is 2.25 bits per heavy atom. The Labute approximate surface area is 86.7 Å². The number of anilines is 1. The van der Waals surface area contributed by atoms with Crippen LogP contribution in [0.1, 0.15) is 11.3 Å². The first kappa shape index (κ1) is 12.6. The molecule has 1 aromatic heterocycles. The number of rotatable bonds is 2. The van der Waals surface area contributed by atoms with Gasteiger partial charge in [0.1, 0.15) is 5.69 Å². The average Bonchev–Trinajstić information content (AvgIpc) is 2.16. The molecule has 0 aliphatic heterocycles. The number of hydrazine groups is 1. The predicted molar refractivity (Wildman–Crippen MR) is 44.5 cm³/mol. The van der Waals surface area contributed by atoms with Crippen LogP contribution in [0.2, 0.25) is 0 Å². The zero-order chi connectivity index (χ0) is 12.6. The number of aromatic nitrogens is 2. The van der Waals surface area contributed by atoms with Gasteiger partial charge in [0.05, 0.1) is 0 Å². The summed E-state index contributed by atoms with van der Waals surface area (Å²) < 4.78 is 62.1. The summed E-state index contributed by atoms with van der Waals surface area (Å²) in [5.74, 6) is -0.726. The number of hydrogen-bond acceptors (Lipinski definition) is 4. The van der Waals surface area contributed by atoms with Crippen molar-refractivity contribution in [3.05, 3.63) is 17.5 Å². The van der Waals surface area contributed by atoms with Crippen molar-refractivity contribution in [1.82, 2.24) is 9.97 Å². The minimum absolute atomic E-state index is 0.374. The number of nitrogens with zero attached hydrogens (tertiary/aromatic N) is 2. The Bertz CT molecular complexity index is 389. The molecule has 9 heteroatoms. The highest BCUT2D eigenvalue weighted by Crippen LogP contribution is 2.44. The van der Waals surface area contributed by atoms with Crippen molar-refractivity contribution in [2.24, 2.45) is 5.84 Å². The molecule has 0 bridgehead atoms. The van der Waals surface area contributed by atoms with E-state index in [0.717, 1.165) is 13.1 Å². The fourth-order valence-corrected chi connectivity index (χ4v) is 0.964. The highest BCUT2D eigenvalue weighted by atomic mass is 19.4. The van der Waals surface area contributed by atoms with Gasteiger partial charge in [0.25, 0.3) is 0 Å². The molecule has 0 fully saturated rings. The summed E-state index contributed by atoms with van der Waals surface area (Å²) in [6.45, 7) is 1.05. The summed E-state index contributed by atoms with van der Waals surface area (Å²) in [5, 5.41) is 0. The predicted octanol–water partition coefficient (Wildman–Crippen LogP) is 1.72. The number of nitrogens with two attached hydrogens (primary N) is 1. The summed E-state index contributed by atoms with van der Waals surface area (Å²) in [4.78, 5) is 6.42. The van der Waals surface area contributed by atoms with Gasteiger partial charge in [-0.3, -0.25) is 5.43 Å². The molecule has 90 valence electrons. The van der Waals surface area contributed by atoms with Crippen molar-refractivity contribution < 1.29 is 22.0 Å². The van der Waals surface area contributed by atoms with Crippen LogP contribution in [0.15, 0.2) is 6.20 Å². The maximum Gasteiger partial charge on any atom is 0.459 e. The van der Waals surface area contributed by atoms with E-state index in [1.807, 2.05) is 0 Å². The van der Waals surface area contributed by atoms with Gasteiger partial charge in [-0.05, 0) is 12.5 Å². The molecule has 1 aromatic rings. The van der Waals surface area contributed by atoms with Gasteiger partial charge in [0, 0.05) is 6.20 Å². The first-order valence-electron chi connectivity index (χ1n) is 3.95. The molecule has 0 aliphatic rings. The average molecular weight is 242 g/mol. The molecule has 1 rings (SSSR count). The molecule has 0 atom stereocenters. The van der Waals surface area contributed by atoms with Gasteiger partial charge in [-0.15, -0.1) is 0 Å². The largest absolute Gasteiger partial charge is 0.459 e. The van der Waals surface area contributed by atoms with Gasteiger partial charge >= 0.3 is 12.1 Å². The molecule has 0 spiro atoms. The van der Waals surface area contributed by atoms with E-state index in [1.54, 1.807) is 5.43 Å². The van der Waals surface area contributed by atoms with Crippen molar-refractivity contribution in [2.45, 2.75) is 19.0 Å². The maximum absolute atomic E-state index is 13.0. The van der Waals surface area contributed by atoms with Crippen LogP contribution >= 0.6 is 0 Å². The Balaban J connectivity index is 3.31. The smallest absolute Gasteiger partial charge is 0.292 e. The maximum atomic E-state index is 13.0. The lowest BCUT2D eigenvalue weighted by Gasteiger charge is -2.20. The Hall–Kier alpha value is -1.51. The SMILES string of the molecule is Cc1cnc(NN)nc1C(F)(F)C(F)(F)F. The molecule has 0 saturated carbocycles. The zero-order valence-electron chi connectivity index (χ0n) is 7.94. The highest BCUT2D eigenvalue weighted by molar-refractivity contribution is 5.30. The standard InChI is InChI=1S/C7H7F5N4/c1-3-2-14-5(16-13)15-4(3)6(8,9)7(10,11)12/h2H,13H2,1H3,(H,14,15,16). The molecule has 4 nitrogen and oxygen atoms in total. The fourth-order valence-electron chi connectivity index (χ4n) is 0.964. The van der Waals surface area contributed by atoms with E-state index in [0.29, 0.717) is 0 Å². The molecule has 16 heavy (non-hydrogen) atoms. The lowest BCUT2D eigenvalue weighted by atomic mass is 10.1. The van der Waals surface area contributed by atoms with Crippen molar-refractivity contribution >= 4 is 5.95 Å². The summed E-state index contributed by atoms with van der Waals surface area (Å²) in [6.07, 6.45) is -4.88. The Kier molecular flexibility index (Phi) is 2.99. The Morgan fingerprint density at radius 2 is 1.81 bits per heavy atom. The van der Waals surface area contributed by atoms with Gasteiger partial charge in [0.15, 0.2) is 0 Å². The van der Waals surface area contributed by atoms with Crippen LogP contribution < -0.4 is 11.3 Å². The zero-order valence-corrected chi connectivity index (χ0v) is 7.94. The third-order valence-electron chi connectivity index (χ3n) is 1.75. The molecular formula is C7H7F5N4. The van der Waals surface area contributed by atoms with Crippen molar-refractivity contribution in [1.29, 1.82) is 0 Å². The summed E-state index contributed by atoms with van der Waals surface area (Å²) in [7, 11) is 0. The monoisotopic (exact) mass is 242 g/mol. The van der Waals surface area contributed by atoms with E-state index in [2.05, 4.69) is 9.97 Å². The quantitative estimate of drug-likeness (QED) is 0.471. The van der Waals surface area contributed by atoms with E-state index in [1.165, 1.54) is 0 Å². The highest BCUT2D eigenvalue weighted by Gasteiger charge is 2.60. The van der Waals surface area contributed by atoms with Crippen LogP contribution in [0.4, 0.5) is 27.9 Å². The van der Waals surface area contributed by atoms with Crippen molar-refractivity contribution in [3.63, 3.8) is 0 Å². The van der Waals surface area contributed by atoms with E-state index >= 15 is 0 Å². The van der Waals surface area contributed by atoms with Gasteiger partial charge in [-0.1, -0.05) is 0 Å². The van der Waals surface area contributed by atoms with Gasteiger partial charge in [-0.2, -0.15) is 22.0 Å². The Morgan fingerprint density at radius 1 is 1.25 bits per heavy atom. The van der Waals surface area contributed by atoms with Crippen molar-refractivity contribution in [3.8, 4) is 0 Å². The molecule has 0 aromatic carbocycles. The number of nitrogens with one attached hydrogen (secondary N) is 1. The minimum Gasteiger partial charge on any atom is -0.292 e. The summed E-state index contributed by atoms with van der Waals surface area (Å²) >= 11 is 0. The third-order valence-corrected chi connectivity index (χ3v) is 1.75. The second-order valence-corrected chi connectivity index (χ2v) is 2.94. The molecule has 0 radical (unpaired) electrons. The lowest BCUT2D eigenvalue weighted by Crippen LogP contribution is -2.35. The van der Waals surface area contributed by atoms with Gasteiger partial charge < -0.3 is 0 Å². The molecule has 1 heterocycles. The van der Waals surface area contributed by atoms with E-state index in [4.69, 9.17) is 5.84 Å². The van der Waals surface area contributed by atoms with Crippen LogP contribution in [0.25, 0.3) is 0 Å². The number of nitrogen functional groups attached to an aromatic ring is 1. The van der Waals surface area contributed by atoms with Gasteiger partial charge in [-0.25, -0.2) is 15.8 Å².